The van der Waals surface area contributed by atoms with Crippen molar-refractivity contribution in [3.63, 3.8) is 0 Å². The van der Waals surface area contributed by atoms with Gasteiger partial charge < -0.3 is 10.1 Å². The van der Waals surface area contributed by atoms with Crippen molar-refractivity contribution in [1.29, 1.82) is 0 Å². The Bertz CT molecular complexity index is 1190. The Labute approximate surface area is 199 Å². The molecule has 4 rings (SSSR count). The number of benzene rings is 1. The van der Waals surface area contributed by atoms with Crippen LogP contribution in [0.15, 0.2) is 24.3 Å². The van der Waals surface area contributed by atoms with Gasteiger partial charge in [-0.15, -0.1) is 11.3 Å². The third kappa shape index (κ3) is 4.83. The Kier molecular flexibility index (Phi) is 6.36. The van der Waals surface area contributed by atoms with Gasteiger partial charge in [0.25, 0.3) is 5.91 Å². The molecule has 0 fully saturated rings. The topological polar surface area (TPSA) is 56.2 Å². The summed E-state index contributed by atoms with van der Waals surface area (Å²) in [6.45, 7) is 11.1. The molecule has 0 saturated carbocycles. The maximum absolute atomic E-state index is 14.0. The van der Waals surface area contributed by atoms with Gasteiger partial charge in [0.15, 0.2) is 11.0 Å². The summed E-state index contributed by atoms with van der Waals surface area (Å²) in [6, 6.07) is 7.44. The number of imidazole rings is 1. The van der Waals surface area contributed by atoms with E-state index >= 15 is 0 Å². The number of carbonyl (C=O) groups excluding carboxylic acids is 1. The van der Waals surface area contributed by atoms with Gasteiger partial charge in [0, 0.05) is 6.54 Å². The van der Waals surface area contributed by atoms with E-state index in [-0.39, 0.29) is 16.5 Å². The predicted octanol–water partition coefficient (Wildman–Crippen LogP) is 5.82. The summed E-state index contributed by atoms with van der Waals surface area (Å²) < 4.78 is 21.7. The van der Waals surface area contributed by atoms with Gasteiger partial charge in [-0.1, -0.05) is 34.6 Å². The van der Waals surface area contributed by atoms with Crippen molar-refractivity contribution < 1.29 is 13.9 Å². The third-order valence-corrected chi connectivity index (χ3v) is 6.61. The van der Waals surface area contributed by atoms with Crippen LogP contribution >= 0.6 is 11.3 Å². The molecule has 3 aromatic rings. The number of hydrogen-bond donors (Lipinski definition) is 1. The zero-order valence-electron chi connectivity index (χ0n) is 20.2. The van der Waals surface area contributed by atoms with Crippen molar-refractivity contribution in [2.75, 3.05) is 13.7 Å². The number of halogens is 1. The molecule has 3 heterocycles. The van der Waals surface area contributed by atoms with Gasteiger partial charge in [-0.2, -0.15) is 4.39 Å². The largest absolute Gasteiger partial charge is 0.496 e. The van der Waals surface area contributed by atoms with Crippen LogP contribution < -0.4 is 10.1 Å². The predicted molar refractivity (Wildman–Crippen MR) is 131 cm³/mol. The summed E-state index contributed by atoms with van der Waals surface area (Å²) in [4.78, 5) is 18.6. The fraction of sp³-hybridized carbons (Fsp3) is 0.462. The third-order valence-electron chi connectivity index (χ3n) is 5.74. The molecule has 0 spiro atoms. The van der Waals surface area contributed by atoms with Crippen LogP contribution in [0.4, 0.5) is 4.39 Å². The van der Waals surface area contributed by atoms with E-state index < -0.39 is 0 Å². The van der Waals surface area contributed by atoms with Gasteiger partial charge >= 0.3 is 0 Å². The van der Waals surface area contributed by atoms with E-state index in [9.17, 15) is 9.18 Å². The number of fused-ring (bicyclic) bond motifs is 3. The number of aromatic nitrogens is 2. The van der Waals surface area contributed by atoms with Gasteiger partial charge in [-0.05, 0) is 66.0 Å². The SMILES string of the molecule is COc1cc2c(cc1CC(C)C)-n1c(-c3ccc(F)s3)nc(C(=O)NCC(C)(C)C)c1CC2. The van der Waals surface area contributed by atoms with Crippen molar-refractivity contribution >= 4 is 17.2 Å². The molecule has 33 heavy (non-hydrogen) atoms. The highest BCUT2D eigenvalue weighted by molar-refractivity contribution is 7.13. The summed E-state index contributed by atoms with van der Waals surface area (Å²) in [5, 5.41) is 2.76. The molecule has 1 N–H and O–H groups in total. The molecule has 1 aliphatic heterocycles. The van der Waals surface area contributed by atoms with Crippen molar-refractivity contribution in [1.82, 2.24) is 14.9 Å². The van der Waals surface area contributed by atoms with Crippen molar-refractivity contribution in [2.45, 2.75) is 53.9 Å². The van der Waals surface area contributed by atoms with E-state index in [0.29, 0.717) is 35.3 Å². The molecular formula is C26H32FN3O2S. The zero-order chi connectivity index (χ0) is 23.9. The average molecular weight is 470 g/mol. The van der Waals surface area contributed by atoms with E-state index in [2.05, 4.69) is 56.6 Å². The summed E-state index contributed by atoms with van der Waals surface area (Å²) in [7, 11) is 1.70. The second kappa shape index (κ2) is 8.93. The molecule has 7 heteroatoms. The second-order valence-corrected chi connectivity index (χ2v) is 11.3. The normalized spacial score (nSPS) is 13.1. The van der Waals surface area contributed by atoms with Crippen LogP contribution in [0.3, 0.4) is 0 Å². The lowest BCUT2D eigenvalue weighted by atomic mass is 9.94. The minimum Gasteiger partial charge on any atom is -0.496 e. The zero-order valence-corrected chi connectivity index (χ0v) is 21.0. The standard InChI is InChI=1S/C26H32FN3O2S/c1-15(2)11-17-12-19-16(13-20(17)32-6)7-8-18-23(25(31)28-14-26(3,4)5)29-24(30(18)19)21-9-10-22(27)33-21/h9-10,12-13,15H,7-8,11,14H2,1-6H3,(H,28,31). The summed E-state index contributed by atoms with van der Waals surface area (Å²) in [5.41, 5.74) is 4.52. The van der Waals surface area contributed by atoms with Crippen LogP contribution in [-0.4, -0.2) is 29.1 Å². The molecule has 1 amide bonds. The number of rotatable bonds is 6. The maximum atomic E-state index is 14.0. The average Bonchev–Trinajstić information content (AvgIpc) is 3.34. The molecule has 0 atom stereocenters. The quantitative estimate of drug-likeness (QED) is 0.495. The number of methoxy groups -OCH3 is 1. The Hall–Kier alpha value is -2.67. The van der Waals surface area contributed by atoms with Gasteiger partial charge in [0.1, 0.15) is 11.4 Å². The number of carbonyl (C=O) groups is 1. The smallest absolute Gasteiger partial charge is 0.271 e. The van der Waals surface area contributed by atoms with E-state index in [0.717, 1.165) is 52.4 Å². The number of nitrogens with zero attached hydrogens (tertiary/aromatic N) is 2. The van der Waals surface area contributed by atoms with Crippen LogP contribution in [0, 0.1) is 16.5 Å². The molecule has 176 valence electrons. The number of nitrogens with one attached hydrogen (secondary N) is 1. The Balaban J connectivity index is 1.88. The minimum absolute atomic E-state index is 0.0376. The van der Waals surface area contributed by atoms with E-state index in [1.54, 1.807) is 13.2 Å². The molecule has 1 aromatic carbocycles. The van der Waals surface area contributed by atoms with Crippen LogP contribution in [0.2, 0.25) is 0 Å². The summed E-state index contributed by atoms with van der Waals surface area (Å²) >= 11 is 1.05. The van der Waals surface area contributed by atoms with Gasteiger partial charge in [0.05, 0.1) is 23.4 Å². The lowest BCUT2D eigenvalue weighted by Crippen LogP contribution is -2.33. The number of ether oxygens (including phenoxy) is 1. The first-order valence-electron chi connectivity index (χ1n) is 11.4. The van der Waals surface area contributed by atoms with E-state index in [1.165, 1.54) is 6.07 Å². The number of aryl methyl sites for hydroxylation is 1. The Morgan fingerprint density at radius 2 is 2.03 bits per heavy atom. The Morgan fingerprint density at radius 3 is 2.64 bits per heavy atom. The lowest BCUT2D eigenvalue weighted by Gasteiger charge is -2.24. The van der Waals surface area contributed by atoms with Gasteiger partial charge in [0.2, 0.25) is 0 Å². The maximum Gasteiger partial charge on any atom is 0.271 e. The summed E-state index contributed by atoms with van der Waals surface area (Å²) in [5.74, 6) is 1.78. The van der Waals surface area contributed by atoms with Crippen LogP contribution in [0.5, 0.6) is 5.75 Å². The molecule has 1 aliphatic rings. The molecule has 0 unspecified atom stereocenters. The highest BCUT2D eigenvalue weighted by Gasteiger charge is 2.30. The van der Waals surface area contributed by atoms with E-state index in [4.69, 9.17) is 9.72 Å². The Morgan fingerprint density at radius 1 is 1.27 bits per heavy atom. The second-order valence-electron chi connectivity index (χ2n) is 10.3. The fourth-order valence-electron chi connectivity index (χ4n) is 4.26. The van der Waals surface area contributed by atoms with Crippen LogP contribution in [0.1, 0.15) is 61.9 Å². The first-order chi connectivity index (χ1) is 15.6. The van der Waals surface area contributed by atoms with Crippen molar-refractivity contribution in [2.24, 2.45) is 11.3 Å². The molecule has 0 aliphatic carbocycles. The first-order valence-corrected chi connectivity index (χ1v) is 12.2. The van der Waals surface area contributed by atoms with Crippen LogP contribution in [-0.2, 0) is 19.3 Å². The minimum atomic E-state index is -0.271. The van der Waals surface area contributed by atoms with Crippen molar-refractivity contribution in [3.8, 4) is 22.1 Å². The van der Waals surface area contributed by atoms with Gasteiger partial charge in [-0.3, -0.25) is 9.36 Å². The summed E-state index contributed by atoms with van der Waals surface area (Å²) in [6.07, 6.45) is 2.35. The van der Waals surface area contributed by atoms with E-state index in [1.807, 2.05) is 0 Å². The number of amides is 1. The van der Waals surface area contributed by atoms with Gasteiger partial charge in [-0.25, -0.2) is 4.98 Å². The van der Waals surface area contributed by atoms with Crippen molar-refractivity contribution in [3.05, 3.63) is 51.9 Å². The molecule has 0 radical (unpaired) electrons. The monoisotopic (exact) mass is 469 g/mol. The molecule has 5 nitrogen and oxygen atoms in total. The number of thiophene rings is 1. The molecule has 2 aromatic heterocycles. The number of hydrogen-bond acceptors (Lipinski definition) is 4. The highest BCUT2D eigenvalue weighted by atomic mass is 32.1. The molecule has 0 bridgehead atoms. The molecule has 0 saturated heterocycles. The first kappa shape index (κ1) is 23.5. The fourth-order valence-corrected chi connectivity index (χ4v) is 4.97. The molecular weight excluding hydrogens is 437 g/mol. The van der Waals surface area contributed by atoms with Crippen LogP contribution in [0.25, 0.3) is 16.4 Å². The lowest BCUT2D eigenvalue weighted by molar-refractivity contribution is 0.0933. The highest BCUT2D eigenvalue weighted by Crippen LogP contribution is 2.38.